The summed E-state index contributed by atoms with van der Waals surface area (Å²) in [5, 5.41) is 2.33. The number of nitrogens with zero attached hydrogens (tertiary/aromatic N) is 1. The highest BCUT2D eigenvalue weighted by Crippen LogP contribution is 2.32. The lowest BCUT2D eigenvalue weighted by atomic mass is 10.1. The zero-order valence-electron chi connectivity index (χ0n) is 15.5. The van der Waals surface area contributed by atoms with Crippen LogP contribution in [0.3, 0.4) is 0 Å². The van der Waals surface area contributed by atoms with E-state index in [0.717, 1.165) is 12.1 Å². The third-order valence-corrected chi connectivity index (χ3v) is 3.66. The molecule has 2 aromatic carbocycles. The van der Waals surface area contributed by atoms with Gasteiger partial charge < -0.3 is 19.7 Å². The molecule has 2 amide bonds. The van der Waals surface area contributed by atoms with Gasteiger partial charge in [0.25, 0.3) is 11.8 Å². The second-order valence-electron chi connectivity index (χ2n) is 5.95. The third-order valence-electron chi connectivity index (χ3n) is 3.66. The first kappa shape index (κ1) is 21.1. The lowest BCUT2D eigenvalue weighted by Crippen LogP contribution is -2.24. The van der Waals surface area contributed by atoms with E-state index in [4.69, 9.17) is 9.47 Å². The zero-order chi connectivity index (χ0) is 20.9. The molecule has 150 valence electrons. The molecular weight excluding hydrogens is 377 g/mol. The number of anilines is 1. The number of methoxy groups -OCH3 is 1. The van der Waals surface area contributed by atoms with Crippen LogP contribution in [-0.2, 0) is 11.0 Å². The van der Waals surface area contributed by atoms with E-state index in [2.05, 4.69) is 5.32 Å². The minimum absolute atomic E-state index is 0.0203. The first-order valence-electron chi connectivity index (χ1n) is 8.12. The molecule has 0 heterocycles. The lowest BCUT2D eigenvalue weighted by molar-refractivity contribution is -0.137. The van der Waals surface area contributed by atoms with Crippen molar-refractivity contribution >= 4 is 17.5 Å². The number of hydrogen-bond acceptors (Lipinski definition) is 4. The van der Waals surface area contributed by atoms with Gasteiger partial charge in [0, 0.05) is 19.8 Å². The summed E-state index contributed by atoms with van der Waals surface area (Å²) >= 11 is 0. The van der Waals surface area contributed by atoms with Crippen LogP contribution in [-0.4, -0.2) is 44.5 Å². The molecule has 0 fully saturated rings. The summed E-state index contributed by atoms with van der Waals surface area (Å²) in [5.41, 5.74) is -0.709. The van der Waals surface area contributed by atoms with E-state index >= 15 is 0 Å². The summed E-state index contributed by atoms with van der Waals surface area (Å²) in [4.78, 5) is 25.7. The first-order chi connectivity index (χ1) is 13.1. The van der Waals surface area contributed by atoms with E-state index in [-0.39, 0.29) is 28.7 Å². The maximum absolute atomic E-state index is 12.8. The van der Waals surface area contributed by atoms with Crippen LogP contribution >= 0.6 is 0 Å². The number of carbonyl (C=O) groups excluding carboxylic acids is 2. The summed E-state index contributed by atoms with van der Waals surface area (Å²) in [6.45, 7) is -0.523. The number of rotatable bonds is 6. The Labute approximate surface area is 159 Å². The Bertz CT molecular complexity index is 866. The summed E-state index contributed by atoms with van der Waals surface area (Å²) in [6, 6.07) is 8.93. The minimum atomic E-state index is -4.52. The molecule has 0 radical (unpaired) electrons. The Kier molecular flexibility index (Phi) is 6.50. The van der Waals surface area contributed by atoms with Crippen LogP contribution in [0.2, 0.25) is 0 Å². The molecule has 0 bridgehead atoms. The standard InChI is InChI=1S/C19H19F3N2O4/c1-24(2)18(26)14-8-5-9-15(27-3)17(14)28-11-16(25)23-13-7-4-6-12(10-13)19(20,21)22/h4-10H,11H2,1-3H3,(H,23,25). The van der Waals surface area contributed by atoms with Gasteiger partial charge in [-0.05, 0) is 30.3 Å². The topological polar surface area (TPSA) is 67.9 Å². The number of hydrogen-bond donors (Lipinski definition) is 1. The fraction of sp³-hybridized carbons (Fsp3) is 0.263. The van der Waals surface area contributed by atoms with Crippen LogP contribution in [0.25, 0.3) is 0 Å². The Hall–Kier alpha value is -3.23. The summed E-state index contributed by atoms with van der Waals surface area (Å²) in [6.07, 6.45) is -4.52. The number of halogens is 3. The van der Waals surface area contributed by atoms with Crippen molar-refractivity contribution in [3.63, 3.8) is 0 Å². The Morgan fingerprint density at radius 3 is 2.39 bits per heavy atom. The molecule has 0 atom stereocenters. The maximum atomic E-state index is 12.8. The average Bonchev–Trinajstić information content (AvgIpc) is 2.64. The predicted molar refractivity (Wildman–Crippen MR) is 96.6 cm³/mol. The van der Waals surface area contributed by atoms with Crippen molar-refractivity contribution in [3.05, 3.63) is 53.6 Å². The van der Waals surface area contributed by atoms with Crippen LogP contribution < -0.4 is 14.8 Å². The molecule has 2 aromatic rings. The molecule has 0 unspecified atom stereocenters. The van der Waals surface area contributed by atoms with E-state index in [1.54, 1.807) is 26.2 Å². The van der Waals surface area contributed by atoms with Gasteiger partial charge in [0.1, 0.15) is 0 Å². The molecule has 0 aliphatic carbocycles. The quantitative estimate of drug-likeness (QED) is 0.812. The molecular formula is C19H19F3N2O4. The summed E-state index contributed by atoms with van der Waals surface area (Å²) in [5.74, 6) is -0.719. The van der Waals surface area contributed by atoms with Crippen molar-refractivity contribution < 1.29 is 32.2 Å². The SMILES string of the molecule is COc1cccc(C(=O)N(C)C)c1OCC(=O)Nc1cccc(C(F)(F)F)c1. The van der Waals surface area contributed by atoms with E-state index in [0.29, 0.717) is 0 Å². The van der Waals surface area contributed by atoms with Gasteiger partial charge in [0.2, 0.25) is 0 Å². The number of nitrogens with one attached hydrogen (secondary N) is 1. The monoisotopic (exact) mass is 396 g/mol. The Morgan fingerprint density at radius 1 is 1.11 bits per heavy atom. The molecule has 28 heavy (non-hydrogen) atoms. The fourth-order valence-electron chi connectivity index (χ4n) is 2.34. The highest BCUT2D eigenvalue weighted by molar-refractivity contribution is 5.98. The van der Waals surface area contributed by atoms with Crippen LogP contribution in [0.1, 0.15) is 15.9 Å². The Morgan fingerprint density at radius 2 is 1.79 bits per heavy atom. The molecule has 0 saturated carbocycles. The highest BCUT2D eigenvalue weighted by atomic mass is 19.4. The molecule has 0 saturated heterocycles. The molecule has 0 aromatic heterocycles. The van der Waals surface area contributed by atoms with Crippen molar-refractivity contribution in [3.8, 4) is 11.5 Å². The summed E-state index contributed by atoms with van der Waals surface area (Å²) in [7, 11) is 4.51. The average molecular weight is 396 g/mol. The van der Waals surface area contributed by atoms with Gasteiger partial charge in [-0.1, -0.05) is 12.1 Å². The number of carbonyl (C=O) groups is 2. The number of benzene rings is 2. The normalized spacial score (nSPS) is 10.9. The smallest absolute Gasteiger partial charge is 0.416 e. The second-order valence-corrected chi connectivity index (χ2v) is 5.95. The van der Waals surface area contributed by atoms with Gasteiger partial charge >= 0.3 is 6.18 Å². The van der Waals surface area contributed by atoms with Crippen LogP contribution in [0.4, 0.5) is 18.9 Å². The molecule has 9 heteroatoms. The van der Waals surface area contributed by atoms with Crippen molar-refractivity contribution in [1.82, 2.24) is 4.90 Å². The third kappa shape index (κ3) is 5.15. The van der Waals surface area contributed by atoms with Crippen LogP contribution in [0.5, 0.6) is 11.5 Å². The second kappa shape index (κ2) is 8.64. The molecule has 6 nitrogen and oxygen atoms in total. The maximum Gasteiger partial charge on any atom is 0.416 e. The van der Waals surface area contributed by atoms with Gasteiger partial charge in [-0.25, -0.2) is 0 Å². The van der Waals surface area contributed by atoms with Gasteiger partial charge in [0.05, 0.1) is 18.2 Å². The van der Waals surface area contributed by atoms with Crippen molar-refractivity contribution in [2.45, 2.75) is 6.18 Å². The van der Waals surface area contributed by atoms with E-state index in [1.165, 1.54) is 30.2 Å². The zero-order valence-corrected chi connectivity index (χ0v) is 15.5. The Balaban J connectivity index is 2.14. The van der Waals surface area contributed by atoms with E-state index < -0.39 is 24.3 Å². The van der Waals surface area contributed by atoms with Gasteiger partial charge in [-0.15, -0.1) is 0 Å². The van der Waals surface area contributed by atoms with E-state index in [1.807, 2.05) is 0 Å². The number of ether oxygens (including phenoxy) is 2. The minimum Gasteiger partial charge on any atom is -0.493 e. The molecule has 0 spiro atoms. The summed E-state index contributed by atoms with van der Waals surface area (Å²) < 4.78 is 48.9. The predicted octanol–water partition coefficient (Wildman–Crippen LogP) is 3.43. The highest BCUT2D eigenvalue weighted by Gasteiger charge is 2.30. The lowest BCUT2D eigenvalue weighted by Gasteiger charge is -2.17. The molecule has 0 aliphatic rings. The number of para-hydroxylation sites is 1. The van der Waals surface area contributed by atoms with Crippen molar-refractivity contribution in [2.24, 2.45) is 0 Å². The van der Waals surface area contributed by atoms with Gasteiger partial charge in [-0.2, -0.15) is 13.2 Å². The first-order valence-corrected chi connectivity index (χ1v) is 8.12. The number of amides is 2. The van der Waals surface area contributed by atoms with Crippen LogP contribution in [0.15, 0.2) is 42.5 Å². The molecule has 1 N–H and O–H groups in total. The molecule has 0 aliphatic heterocycles. The fourth-order valence-corrected chi connectivity index (χ4v) is 2.34. The van der Waals surface area contributed by atoms with Crippen molar-refractivity contribution in [2.75, 3.05) is 33.1 Å². The largest absolute Gasteiger partial charge is 0.493 e. The van der Waals surface area contributed by atoms with Gasteiger partial charge in [0.15, 0.2) is 18.1 Å². The van der Waals surface area contributed by atoms with Crippen molar-refractivity contribution in [1.29, 1.82) is 0 Å². The van der Waals surface area contributed by atoms with Crippen LogP contribution in [0, 0.1) is 0 Å². The van der Waals surface area contributed by atoms with E-state index in [9.17, 15) is 22.8 Å². The number of alkyl halides is 3. The van der Waals surface area contributed by atoms with Gasteiger partial charge in [-0.3, -0.25) is 9.59 Å². The molecule has 2 rings (SSSR count).